The summed E-state index contributed by atoms with van der Waals surface area (Å²) >= 11 is 0. The monoisotopic (exact) mass is 305 g/mol. The predicted octanol–water partition coefficient (Wildman–Crippen LogP) is 2.11. The Kier molecular flexibility index (Phi) is 4.20. The lowest BCUT2D eigenvalue weighted by molar-refractivity contribution is 0.597. The molecule has 1 atom stereocenters. The molecule has 0 aliphatic rings. The molecule has 0 fully saturated rings. The molecule has 0 bridgehead atoms. The lowest BCUT2D eigenvalue weighted by Crippen LogP contribution is -2.25. The first kappa shape index (κ1) is 15.3. The van der Waals surface area contributed by atoms with Gasteiger partial charge in [0.05, 0.1) is 11.7 Å². The van der Waals surface area contributed by atoms with Crippen molar-refractivity contribution in [2.24, 2.45) is 5.14 Å². The van der Waals surface area contributed by atoms with Crippen LogP contribution in [-0.2, 0) is 10.0 Å². The van der Waals surface area contributed by atoms with Crippen LogP contribution < -0.4 is 15.8 Å². The summed E-state index contributed by atoms with van der Waals surface area (Å²) in [6.07, 6.45) is 0. The molecule has 0 amide bonds. The smallest absolute Gasteiger partial charge is 0.240 e. The Morgan fingerprint density at radius 3 is 2.38 bits per heavy atom. The van der Waals surface area contributed by atoms with Crippen LogP contribution in [0.1, 0.15) is 18.5 Å². The van der Waals surface area contributed by atoms with Crippen molar-refractivity contribution in [1.29, 1.82) is 0 Å². The van der Waals surface area contributed by atoms with Gasteiger partial charge in [-0.2, -0.15) is 0 Å². The van der Waals surface area contributed by atoms with E-state index in [9.17, 15) is 8.42 Å². The van der Waals surface area contributed by atoms with E-state index in [0.717, 1.165) is 5.56 Å². The molecule has 2 rings (SSSR count). The van der Waals surface area contributed by atoms with Crippen LogP contribution in [0.2, 0.25) is 0 Å². The average molecular weight is 305 g/mol. The first-order valence-electron chi connectivity index (χ1n) is 6.51. The molecule has 0 radical (unpaired) electrons. The van der Waals surface area contributed by atoms with E-state index in [-0.39, 0.29) is 10.9 Å². The molecule has 2 aromatic rings. The van der Waals surface area contributed by atoms with Crippen molar-refractivity contribution < 1.29 is 8.42 Å². The largest absolute Gasteiger partial charge is 0.399 e. The fourth-order valence-corrected chi connectivity index (χ4v) is 3.01. The maximum atomic E-state index is 11.7. The van der Waals surface area contributed by atoms with Crippen LogP contribution in [0.15, 0.2) is 53.4 Å². The van der Waals surface area contributed by atoms with Crippen molar-refractivity contribution >= 4 is 21.4 Å². The van der Waals surface area contributed by atoms with Gasteiger partial charge in [0.15, 0.2) is 0 Å². The summed E-state index contributed by atoms with van der Waals surface area (Å²) in [6.45, 7) is 1.98. The van der Waals surface area contributed by atoms with E-state index in [0.29, 0.717) is 11.4 Å². The molecule has 21 heavy (non-hydrogen) atoms. The minimum absolute atomic E-state index is 0.0450. The summed E-state index contributed by atoms with van der Waals surface area (Å²) in [7, 11) is -1.94. The topological polar surface area (TPSA) is 89.4 Å². The quantitative estimate of drug-likeness (QED) is 0.847. The van der Waals surface area contributed by atoms with E-state index in [1.807, 2.05) is 43.1 Å². The van der Waals surface area contributed by atoms with Crippen LogP contribution in [0.4, 0.5) is 11.4 Å². The van der Waals surface area contributed by atoms with Crippen LogP contribution >= 0.6 is 0 Å². The van der Waals surface area contributed by atoms with Crippen molar-refractivity contribution in [2.75, 3.05) is 17.7 Å². The summed E-state index contributed by atoms with van der Waals surface area (Å²) in [5, 5.41) is 5.28. The van der Waals surface area contributed by atoms with Gasteiger partial charge in [0.2, 0.25) is 10.0 Å². The van der Waals surface area contributed by atoms with Crippen LogP contribution in [0.25, 0.3) is 0 Å². The SMILES string of the molecule is CC(c1cccc(N)c1)N(C)c1ccccc1S(N)(=O)=O. The summed E-state index contributed by atoms with van der Waals surface area (Å²) in [5.41, 5.74) is 8.04. The average Bonchev–Trinajstić information content (AvgIpc) is 2.45. The van der Waals surface area contributed by atoms with Crippen LogP contribution in [0.5, 0.6) is 0 Å². The lowest BCUT2D eigenvalue weighted by atomic mass is 10.1. The molecule has 0 aliphatic heterocycles. The van der Waals surface area contributed by atoms with Crippen molar-refractivity contribution in [2.45, 2.75) is 17.9 Å². The van der Waals surface area contributed by atoms with Gasteiger partial charge in [0.25, 0.3) is 0 Å². The van der Waals surface area contributed by atoms with Crippen LogP contribution in [0, 0.1) is 0 Å². The third-order valence-corrected chi connectivity index (χ3v) is 4.48. The molecule has 0 saturated heterocycles. The molecule has 4 N–H and O–H groups in total. The van der Waals surface area contributed by atoms with Gasteiger partial charge in [-0.05, 0) is 36.8 Å². The summed E-state index contributed by atoms with van der Waals surface area (Å²) in [5.74, 6) is 0. The Labute approximate surface area is 125 Å². The van der Waals surface area contributed by atoms with E-state index in [1.54, 1.807) is 18.2 Å². The van der Waals surface area contributed by atoms with Crippen molar-refractivity contribution in [1.82, 2.24) is 0 Å². The summed E-state index contributed by atoms with van der Waals surface area (Å²) in [6, 6.07) is 14.2. The van der Waals surface area contributed by atoms with Crippen molar-refractivity contribution in [3.05, 3.63) is 54.1 Å². The van der Waals surface area contributed by atoms with Gasteiger partial charge in [0.1, 0.15) is 4.90 Å². The first-order valence-corrected chi connectivity index (χ1v) is 8.05. The van der Waals surface area contributed by atoms with E-state index >= 15 is 0 Å². The van der Waals surface area contributed by atoms with E-state index in [4.69, 9.17) is 10.9 Å². The molecule has 0 saturated carbocycles. The number of anilines is 2. The molecule has 0 aliphatic carbocycles. The summed E-state index contributed by atoms with van der Waals surface area (Å²) in [4.78, 5) is 1.98. The highest BCUT2D eigenvalue weighted by atomic mass is 32.2. The highest BCUT2D eigenvalue weighted by molar-refractivity contribution is 7.89. The number of nitrogens with two attached hydrogens (primary N) is 2. The normalized spacial score (nSPS) is 12.9. The highest BCUT2D eigenvalue weighted by Crippen LogP contribution is 2.30. The third-order valence-electron chi connectivity index (χ3n) is 3.53. The Balaban J connectivity index is 2.43. The maximum absolute atomic E-state index is 11.7. The molecule has 5 nitrogen and oxygen atoms in total. The number of hydrogen-bond acceptors (Lipinski definition) is 4. The fourth-order valence-electron chi connectivity index (χ4n) is 2.24. The third kappa shape index (κ3) is 3.34. The molecule has 0 heterocycles. The standard InChI is InChI=1S/C15H19N3O2S/c1-11(12-6-5-7-13(16)10-12)18(2)14-8-3-4-9-15(14)21(17,19)20/h3-11H,16H2,1-2H3,(H2,17,19,20). The molecule has 0 aromatic heterocycles. The van der Waals surface area contributed by atoms with Crippen molar-refractivity contribution in [3.63, 3.8) is 0 Å². The number of sulfonamides is 1. The number of primary sulfonamides is 1. The Hall–Kier alpha value is -2.05. The van der Waals surface area contributed by atoms with E-state index < -0.39 is 10.0 Å². The maximum Gasteiger partial charge on any atom is 0.240 e. The Morgan fingerprint density at radius 1 is 1.10 bits per heavy atom. The molecular formula is C15H19N3O2S. The predicted molar refractivity (Wildman–Crippen MR) is 85.5 cm³/mol. The molecule has 2 aromatic carbocycles. The zero-order valence-electron chi connectivity index (χ0n) is 12.0. The minimum atomic E-state index is -3.77. The number of benzene rings is 2. The number of nitrogen functional groups attached to an aromatic ring is 1. The fraction of sp³-hybridized carbons (Fsp3) is 0.200. The number of para-hydroxylation sites is 1. The second-order valence-electron chi connectivity index (χ2n) is 4.97. The molecule has 6 heteroatoms. The van der Waals surface area contributed by atoms with Gasteiger partial charge in [0, 0.05) is 12.7 Å². The molecule has 112 valence electrons. The number of nitrogens with zero attached hydrogens (tertiary/aromatic N) is 1. The van der Waals surface area contributed by atoms with Gasteiger partial charge in [-0.25, -0.2) is 13.6 Å². The molecular weight excluding hydrogens is 286 g/mol. The molecule has 1 unspecified atom stereocenters. The van der Waals surface area contributed by atoms with Gasteiger partial charge in [-0.15, -0.1) is 0 Å². The first-order chi connectivity index (χ1) is 9.80. The number of hydrogen-bond donors (Lipinski definition) is 2. The molecule has 0 spiro atoms. The lowest BCUT2D eigenvalue weighted by Gasteiger charge is -2.29. The highest BCUT2D eigenvalue weighted by Gasteiger charge is 2.20. The summed E-state index contributed by atoms with van der Waals surface area (Å²) < 4.78 is 23.4. The number of rotatable bonds is 4. The Bertz CT molecular complexity index is 744. The van der Waals surface area contributed by atoms with E-state index in [2.05, 4.69) is 0 Å². The van der Waals surface area contributed by atoms with Gasteiger partial charge >= 0.3 is 0 Å². The minimum Gasteiger partial charge on any atom is -0.399 e. The zero-order chi connectivity index (χ0) is 15.6. The second-order valence-corrected chi connectivity index (χ2v) is 6.50. The van der Waals surface area contributed by atoms with Gasteiger partial charge in [-0.3, -0.25) is 0 Å². The van der Waals surface area contributed by atoms with E-state index in [1.165, 1.54) is 6.07 Å². The zero-order valence-corrected chi connectivity index (χ0v) is 12.8. The second kappa shape index (κ2) is 5.75. The van der Waals surface area contributed by atoms with Crippen molar-refractivity contribution in [3.8, 4) is 0 Å². The van der Waals surface area contributed by atoms with Gasteiger partial charge in [-0.1, -0.05) is 24.3 Å². The van der Waals surface area contributed by atoms with Gasteiger partial charge < -0.3 is 10.6 Å². The van der Waals surface area contributed by atoms with Crippen LogP contribution in [-0.4, -0.2) is 15.5 Å². The van der Waals surface area contributed by atoms with Crippen LogP contribution in [0.3, 0.4) is 0 Å². The Morgan fingerprint density at radius 2 is 1.76 bits per heavy atom.